The van der Waals surface area contributed by atoms with Gasteiger partial charge in [-0.3, -0.25) is 0 Å². The summed E-state index contributed by atoms with van der Waals surface area (Å²) < 4.78 is 19.6. The molecule has 0 saturated carbocycles. The van der Waals surface area contributed by atoms with Crippen molar-refractivity contribution in [2.24, 2.45) is 0 Å². The Labute approximate surface area is 771 Å². The predicted octanol–water partition coefficient (Wildman–Crippen LogP) is 35.5. The first kappa shape index (κ1) is 85.2. The molecule has 2 aliphatic rings. The molecule has 0 saturated heterocycles. The summed E-state index contributed by atoms with van der Waals surface area (Å²) in [5.41, 5.74) is 40.8. The molecule has 130 heavy (non-hydrogen) atoms. The Kier molecular flexibility index (Phi) is 23.2. The lowest BCUT2D eigenvalue weighted by atomic mass is 9.67. The number of furan rings is 2. The molecule has 636 valence electrons. The number of hydrogen-bond donors (Lipinski definition) is 0. The minimum Gasteiger partial charge on any atom is -0.456 e. The number of nitrogens with zero attached hydrogens (tertiary/aromatic N) is 1. The van der Waals surface area contributed by atoms with Gasteiger partial charge in [0.05, 0.1) is 16.4 Å². The first-order valence-corrected chi connectivity index (χ1v) is 46.9. The van der Waals surface area contributed by atoms with Crippen molar-refractivity contribution in [2.45, 2.75) is 115 Å². The molecular formula is C125H107NO2S2. The third-order valence-electron chi connectivity index (χ3n) is 26.4. The second kappa shape index (κ2) is 35.4. The minimum atomic E-state index is -0.273. The molecule has 5 heteroatoms. The standard InChI is InChI=1S/C27H22.C22H20.C20H17N.2C14H12O.2C14H12S/c1-19-13-15-23-24-16-14-20(2)18-26(24)27(25(23)17-19,21-9-5-3-6-10-21)22-11-7-4-8-12-22;1-15-9-11-18-19-12-10-16(2)14-21(19)22(3,20(18)13-15)17-7-5-4-6-8-17;1-14-8-10-19-17(12-14)18-13-15(2)9-11-20(18)21(19)16-6-4-3-5-7-16;1-9-3-5-13-11(7-9)12-8-10(2)4-6-14(12)15-13;1-9-7-8-10(2)14-13(9)11-5-3-4-6-12(11)15-14;1-9-3-5-13-11(7-9)12-8-10(2)4-6-14(12)15-13;1-9-7-8-10(2)14-13(9)11-5-3-4-6-12(11)15-14/h3-18H,1-2H3;4-14H,1-3H3;3-13H,1-2H3;4*3-8H,1-2H3. The number of aryl methyl sites for hydroxylation is 14. The highest BCUT2D eigenvalue weighted by Gasteiger charge is 2.46. The number of para-hydroxylation sites is 2. The van der Waals surface area contributed by atoms with Crippen molar-refractivity contribution >= 4 is 129 Å². The summed E-state index contributed by atoms with van der Waals surface area (Å²) in [6.45, 7) is 32.5. The lowest BCUT2D eigenvalue weighted by Crippen LogP contribution is -2.28. The Balaban J connectivity index is 0.0000000995. The molecule has 0 atom stereocenters. The van der Waals surface area contributed by atoms with Gasteiger partial charge in [0, 0.05) is 83.8 Å². The van der Waals surface area contributed by atoms with E-state index in [0.29, 0.717) is 0 Å². The van der Waals surface area contributed by atoms with Crippen molar-refractivity contribution in [2.75, 3.05) is 0 Å². The van der Waals surface area contributed by atoms with Crippen LogP contribution in [0.3, 0.4) is 0 Å². The second-order valence-electron chi connectivity index (χ2n) is 36.1. The average molecular weight is 1720 g/mol. The fourth-order valence-electron chi connectivity index (χ4n) is 19.9. The summed E-state index contributed by atoms with van der Waals surface area (Å²) >= 11 is 3.78. The van der Waals surface area contributed by atoms with E-state index in [9.17, 15) is 0 Å². The van der Waals surface area contributed by atoms with Gasteiger partial charge in [-0.1, -0.05) is 335 Å². The van der Waals surface area contributed by atoms with E-state index in [0.717, 1.165) is 22.3 Å². The van der Waals surface area contributed by atoms with E-state index in [2.05, 4.69) is 460 Å². The van der Waals surface area contributed by atoms with Gasteiger partial charge in [-0.05, 0) is 284 Å². The van der Waals surface area contributed by atoms with E-state index in [-0.39, 0.29) is 10.8 Å². The van der Waals surface area contributed by atoms with E-state index in [4.69, 9.17) is 8.83 Å². The average Bonchev–Trinajstić information content (AvgIpc) is 1.53. The van der Waals surface area contributed by atoms with Crippen LogP contribution >= 0.6 is 22.7 Å². The van der Waals surface area contributed by atoms with Crippen molar-refractivity contribution in [3.05, 3.63) is 493 Å². The van der Waals surface area contributed by atoms with Gasteiger partial charge in [0.25, 0.3) is 0 Å². The van der Waals surface area contributed by atoms with Crippen molar-refractivity contribution in [3.63, 3.8) is 0 Å². The largest absolute Gasteiger partial charge is 0.456 e. The van der Waals surface area contributed by atoms with E-state index in [1.807, 2.05) is 46.9 Å². The molecule has 18 aromatic carbocycles. The van der Waals surface area contributed by atoms with Crippen LogP contribution in [-0.2, 0) is 10.8 Å². The zero-order chi connectivity index (χ0) is 89.8. The molecule has 23 aromatic rings. The van der Waals surface area contributed by atoms with Gasteiger partial charge in [0.1, 0.15) is 22.3 Å². The van der Waals surface area contributed by atoms with Crippen LogP contribution in [0, 0.1) is 96.9 Å². The lowest BCUT2D eigenvalue weighted by molar-refractivity contribution is 0.665. The first-order valence-electron chi connectivity index (χ1n) is 45.3. The molecule has 0 bridgehead atoms. The highest BCUT2D eigenvalue weighted by molar-refractivity contribution is 7.26. The summed E-state index contributed by atoms with van der Waals surface area (Å²) in [6.07, 6.45) is 0. The van der Waals surface area contributed by atoms with Gasteiger partial charge in [-0.2, -0.15) is 0 Å². The van der Waals surface area contributed by atoms with Gasteiger partial charge < -0.3 is 13.4 Å². The van der Waals surface area contributed by atoms with Crippen LogP contribution in [0.25, 0.3) is 134 Å². The van der Waals surface area contributed by atoms with Gasteiger partial charge >= 0.3 is 0 Å². The van der Waals surface area contributed by atoms with E-state index in [1.54, 1.807) is 0 Å². The monoisotopic (exact) mass is 1720 g/mol. The number of benzene rings is 18. The quantitative estimate of drug-likeness (QED) is 0.176. The molecule has 5 heterocycles. The summed E-state index contributed by atoms with van der Waals surface area (Å²) in [6, 6.07) is 136. The number of hydrogen-bond acceptors (Lipinski definition) is 4. The fourth-order valence-corrected chi connectivity index (χ4v) is 22.2. The smallest absolute Gasteiger partial charge is 0.138 e. The molecule has 0 radical (unpaired) electrons. The Morgan fingerprint density at radius 2 is 0.569 bits per heavy atom. The third-order valence-corrected chi connectivity index (χ3v) is 28.9. The maximum atomic E-state index is 5.86. The van der Waals surface area contributed by atoms with Crippen molar-refractivity contribution < 1.29 is 8.83 Å². The Bertz CT molecular complexity index is 7660. The van der Waals surface area contributed by atoms with Crippen LogP contribution in [0.15, 0.2) is 385 Å². The SMILES string of the molecule is Cc1ccc(C)c2c1oc1ccccc12.Cc1ccc(C)c2c1sc1ccccc12.Cc1ccc2c(c1)C(C)(c1ccccc1)c1cc(C)ccc1-2.Cc1ccc2c(c1)C(c1ccccc1)(c1ccccc1)c1cc(C)ccc1-2.Cc1ccc2c(c1)c1cc(C)ccc1n2-c1ccccc1.Cc1ccc2oc3ccc(C)cc3c2c1.Cc1ccc2sc3ccc(C)cc3c2c1. The Hall–Kier alpha value is -14.2. The maximum absolute atomic E-state index is 5.86. The van der Waals surface area contributed by atoms with Crippen LogP contribution < -0.4 is 0 Å². The number of aromatic nitrogens is 1. The van der Waals surface area contributed by atoms with Gasteiger partial charge in [-0.25, -0.2) is 0 Å². The fraction of sp³-hybridized carbons (Fsp3) is 0.136. The van der Waals surface area contributed by atoms with Gasteiger partial charge in [0.2, 0.25) is 0 Å². The summed E-state index contributed by atoms with van der Waals surface area (Å²) in [5.74, 6) is 0. The van der Waals surface area contributed by atoms with E-state index >= 15 is 0 Å². The molecular weight excluding hydrogens is 1610 g/mol. The number of rotatable bonds is 4. The van der Waals surface area contributed by atoms with E-state index < -0.39 is 0 Å². The zero-order valence-corrected chi connectivity index (χ0v) is 78.5. The molecule has 0 unspecified atom stereocenters. The van der Waals surface area contributed by atoms with Gasteiger partial charge in [-0.15, -0.1) is 22.7 Å². The summed E-state index contributed by atoms with van der Waals surface area (Å²) in [4.78, 5) is 0. The van der Waals surface area contributed by atoms with Crippen LogP contribution in [0.4, 0.5) is 0 Å². The maximum Gasteiger partial charge on any atom is 0.138 e. The van der Waals surface area contributed by atoms with Crippen molar-refractivity contribution in [1.29, 1.82) is 0 Å². The molecule has 0 spiro atoms. The number of thiophene rings is 2. The summed E-state index contributed by atoms with van der Waals surface area (Å²) in [5, 5.41) is 13.2. The van der Waals surface area contributed by atoms with E-state index in [1.165, 1.54) is 228 Å². The molecule has 0 fully saturated rings. The molecule has 0 aliphatic heterocycles. The highest BCUT2D eigenvalue weighted by atomic mass is 32.1. The molecule has 3 nitrogen and oxygen atoms in total. The third kappa shape index (κ3) is 15.9. The highest BCUT2D eigenvalue weighted by Crippen LogP contribution is 2.57. The molecule has 0 N–H and O–H groups in total. The van der Waals surface area contributed by atoms with Crippen LogP contribution in [0.2, 0.25) is 0 Å². The molecule has 25 rings (SSSR count). The van der Waals surface area contributed by atoms with Crippen molar-refractivity contribution in [3.8, 4) is 27.9 Å². The Morgan fingerprint density at radius 3 is 1.05 bits per heavy atom. The molecule has 2 aliphatic carbocycles. The van der Waals surface area contributed by atoms with Crippen LogP contribution in [0.1, 0.15) is 124 Å². The second-order valence-corrected chi connectivity index (χ2v) is 38.2. The van der Waals surface area contributed by atoms with Gasteiger partial charge in [0.15, 0.2) is 0 Å². The van der Waals surface area contributed by atoms with Crippen molar-refractivity contribution in [1.82, 2.24) is 4.57 Å². The predicted molar refractivity (Wildman–Crippen MR) is 561 cm³/mol. The lowest BCUT2D eigenvalue weighted by Gasteiger charge is -2.34. The normalized spacial score (nSPS) is 12.4. The molecule has 5 aromatic heterocycles. The van der Waals surface area contributed by atoms with Crippen LogP contribution in [0.5, 0.6) is 0 Å². The summed E-state index contributed by atoms with van der Waals surface area (Å²) in [7, 11) is 0. The topological polar surface area (TPSA) is 31.2 Å². The Morgan fingerprint density at radius 1 is 0.231 bits per heavy atom. The minimum absolute atomic E-state index is 0.0655. The zero-order valence-electron chi connectivity index (χ0n) is 76.9. The first-order chi connectivity index (χ1) is 63.1. The molecule has 0 amide bonds. The van der Waals surface area contributed by atoms with Crippen LogP contribution in [-0.4, -0.2) is 4.57 Å². The number of fused-ring (bicyclic) bond motifs is 21.